The van der Waals surface area contributed by atoms with E-state index in [0.717, 1.165) is 41.0 Å². The molecule has 0 radical (unpaired) electrons. The predicted molar refractivity (Wildman–Crippen MR) is 158 cm³/mol. The van der Waals surface area contributed by atoms with Gasteiger partial charge in [-0.2, -0.15) is 13.2 Å². The molecule has 0 aliphatic heterocycles. The molecule has 0 heterocycles. The summed E-state index contributed by atoms with van der Waals surface area (Å²) in [7, 11) is 0. The molecule has 4 rings (SSSR count). The quantitative estimate of drug-likeness (QED) is 0.169. The monoisotopic (exact) mass is 606 g/mol. The van der Waals surface area contributed by atoms with Gasteiger partial charge in [0, 0.05) is 16.6 Å². The minimum Gasteiger partial charge on any atom is -0.481 e. The van der Waals surface area contributed by atoms with Gasteiger partial charge in [-0.3, -0.25) is 14.4 Å². The number of hydrogen-bond acceptors (Lipinski definition) is 3. The molecule has 0 fully saturated rings. The van der Waals surface area contributed by atoms with Crippen molar-refractivity contribution in [1.82, 2.24) is 10.6 Å². The third kappa shape index (κ3) is 9.05. The molecule has 1 atom stereocenters. The summed E-state index contributed by atoms with van der Waals surface area (Å²) < 4.78 is 39.0. The van der Waals surface area contributed by atoms with Crippen LogP contribution in [0.2, 0.25) is 5.02 Å². The van der Waals surface area contributed by atoms with E-state index in [1.807, 2.05) is 42.5 Å². The van der Waals surface area contributed by atoms with E-state index in [4.69, 9.17) is 11.6 Å². The number of hydrogen-bond donors (Lipinski definition) is 3. The lowest BCUT2D eigenvalue weighted by atomic mass is 10.0. The number of amides is 2. The first kappa shape index (κ1) is 31.1. The normalized spacial score (nSPS) is 12.3. The molecule has 4 aromatic rings. The minimum absolute atomic E-state index is 0.102. The van der Waals surface area contributed by atoms with Crippen LogP contribution in [0.5, 0.6) is 0 Å². The second-order valence-corrected chi connectivity index (χ2v) is 10.1. The smallest absolute Gasteiger partial charge is 0.416 e. The third-order valence-electron chi connectivity index (χ3n) is 6.45. The number of carbonyl (C=O) groups is 3. The molecule has 10 heteroatoms. The molecule has 43 heavy (non-hydrogen) atoms. The van der Waals surface area contributed by atoms with Crippen LogP contribution in [-0.2, 0) is 22.2 Å². The molecule has 0 aromatic heterocycles. The van der Waals surface area contributed by atoms with E-state index in [0.29, 0.717) is 10.6 Å². The lowest BCUT2D eigenvalue weighted by Crippen LogP contribution is -2.42. The first-order chi connectivity index (χ1) is 20.5. The summed E-state index contributed by atoms with van der Waals surface area (Å²) in [6.07, 6.45) is -3.40. The zero-order chi connectivity index (χ0) is 31.0. The molecule has 0 aliphatic carbocycles. The molecule has 0 spiro atoms. The molecule has 2 amide bonds. The van der Waals surface area contributed by atoms with Crippen molar-refractivity contribution in [2.75, 3.05) is 0 Å². The number of nitrogens with one attached hydrogen (secondary N) is 2. The highest BCUT2D eigenvalue weighted by atomic mass is 35.5. The molecule has 3 N–H and O–H groups in total. The third-order valence-corrected chi connectivity index (χ3v) is 6.70. The Bertz CT molecular complexity index is 1600. The molecule has 220 valence electrons. The molecule has 0 saturated carbocycles. The number of benzene rings is 4. The SMILES string of the molecule is O=C(O)CC(Cc1ccc(Cl)cc1)NC(=O)C(=Cc1ccc(-c2ccccc2)cc1)NC(=O)c1ccc(C(F)(F)F)cc1. The number of halogens is 4. The number of aliphatic carboxylic acids is 1. The van der Waals surface area contributed by atoms with E-state index in [2.05, 4.69) is 10.6 Å². The van der Waals surface area contributed by atoms with E-state index in [1.165, 1.54) is 6.08 Å². The number of carboxylic acid groups (broad SMARTS) is 1. The standard InChI is InChI=1S/C33H26ClF3N2O4/c34-27-16-8-21(9-17-27)18-28(20-30(40)41)38-32(43)29(39-31(42)25-12-14-26(15-13-25)33(35,36)37)19-22-6-10-24(11-7-22)23-4-2-1-3-5-23/h1-17,19,28H,18,20H2,(H,38,43)(H,39,42)(H,40,41). The maximum atomic E-state index is 13.5. The van der Waals surface area contributed by atoms with Gasteiger partial charge in [0.25, 0.3) is 11.8 Å². The van der Waals surface area contributed by atoms with Crippen LogP contribution in [0.25, 0.3) is 17.2 Å². The maximum Gasteiger partial charge on any atom is 0.416 e. The van der Waals surface area contributed by atoms with Gasteiger partial charge in [-0.1, -0.05) is 78.3 Å². The van der Waals surface area contributed by atoms with Crippen LogP contribution in [0.15, 0.2) is 109 Å². The Balaban J connectivity index is 1.61. The maximum absolute atomic E-state index is 13.5. The molecular weight excluding hydrogens is 581 g/mol. The Morgan fingerprint density at radius 2 is 1.42 bits per heavy atom. The summed E-state index contributed by atoms with van der Waals surface area (Å²) in [5.74, 6) is -2.73. The van der Waals surface area contributed by atoms with E-state index in [1.54, 1.807) is 36.4 Å². The largest absolute Gasteiger partial charge is 0.481 e. The highest BCUT2D eigenvalue weighted by Gasteiger charge is 2.30. The summed E-state index contributed by atoms with van der Waals surface area (Å²) >= 11 is 5.94. The van der Waals surface area contributed by atoms with Crippen LogP contribution in [0, 0.1) is 0 Å². The average Bonchev–Trinajstić information content (AvgIpc) is 2.98. The number of carbonyl (C=O) groups excluding carboxylic acids is 2. The van der Waals surface area contributed by atoms with Crippen LogP contribution in [0.3, 0.4) is 0 Å². The second-order valence-electron chi connectivity index (χ2n) is 9.67. The van der Waals surface area contributed by atoms with Crippen molar-refractivity contribution < 1.29 is 32.7 Å². The van der Waals surface area contributed by atoms with Crippen LogP contribution in [-0.4, -0.2) is 28.9 Å². The molecule has 0 aliphatic rings. The van der Waals surface area contributed by atoms with Crippen molar-refractivity contribution in [3.05, 3.63) is 136 Å². The fourth-order valence-electron chi connectivity index (χ4n) is 4.29. The van der Waals surface area contributed by atoms with Crippen molar-refractivity contribution in [3.8, 4) is 11.1 Å². The summed E-state index contributed by atoms with van der Waals surface area (Å²) in [5.41, 5.74) is 1.93. The van der Waals surface area contributed by atoms with Gasteiger partial charge < -0.3 is 15.7 Å². The number of alkyl halides is 3. The van der Waals surface area contributed by atoms with Crippen molar-refractivity contribution in [1.29, 1.82) is 0 Å². The topological polar surface area (TPSA) is 95.5 Å². The highest BCUT2D eigenvalue weighted by Crippen LogP contribution is 2.29. The second kappa shape index (κ2) is 13.8. The average molecular weight is 607 g/mol. The Labute approximate surface area is 250 Å². The first-order valence-corrected chi connectivity index (χ1v) is 13.5. The van der Waals surface area contributed by atoms with Crippen LogP contribution in [0.4, 0.5) is 13.2 Å². The predicted octanol–water partition coefficient (Wildman–Crippen LogP) is 7.00. The van der Waals surface area contributed by atoms with E-state index >= 15 is 0 Å². The van der Waals surface area contributed by atoms with Gasteiger partial charge in [-0.05, 0) is 71.1 Å². The van der Waals surface area contributed by atoms with Gasteiger partial charge in [0.1, 0.15) is 5.70 Å². The van der Waals surface area contributed by atoms with Crippen LogP contribution >= 0.6 is 11.6 Å². The summed E-state index contributed by atoms with van der Waals surface area (Å²) in [4.78, 5) is 38.1. The van der Waals surface area contributed by atoms with Crippen molar-refractivity contribution in [3.63, 3.8) is 0 Å². The summed E-state index contributed by atoms with van der Waals surface area (Å²) in [6, 6.07) is 26.2. The Morgan fingerprint density at radius 3 is 2.00 bits per heavy atom. The van der Waals surface area contributed by atoms with Gasteiger partial charge >= 0.3 is 12.1 Å². The minimum atomic E-state index is -4.57. The Kier molecular flexibility index (Phi) is 10.0. The van der Waals surface area contributed by atoms with Crippen LogP contribution < -0.4 is 10.6 Å². The molecule has 4 aromatic carbocycles. The van der Waals surface area contributed by atoms with Gasteiger partial charge in [0.15, 0.2) is 0 Å². The first-order valence-electron chi connectivity index (χ1n) is 13.1. The number of rotatable bonds is 10. The molecule has 6 nitrogen and oxygen atoms in total. The van der Waals surface area contributed by atoms with E-state index in [9.17, 15) is 32.7 Å². The van der Waals surface area contributed by atoms with Gasteiger partial charge in [0.2, 0.25) is 0 Å². The van der Waals surface area contributed by atoms with Gasteiger partial charge in [0.05, 0.1) is 12.0 Å². The van der Waals surface area contributed by atoms with E-state index < -0.39 is 42.0 Å². The highest BCUT2D eigenvalue weighted by molar-refractivity contribution is 6.30. The van der Waals surface area contributed by atoms with Crippen molar-refractivity contribution >= 4 is 35.5 Å². The van der Waals surface area contributed by atoms with E-state index in [-0.39, 0.29) is 17.7 Å². The molecule has 0 bridgehead atoms. The van der Waals surface area contributed by atoms with Crippen LogP contribution in [0.1, 0.15) is 33.5 Å². The van der Waals surface area contributed by atoms with Crippen molar-refractivity contribution in [2.24, 2.45) is 0 Å². The fourth-order valence-corrected chi connectivity index (χ4v) is 4.41. The molecule has 0 saturated heterocycles. The van der Waals surface area contributed by atoms with Gasteiger partial charge in [-0.25, -0.2) is 0 Å². The van der Waals surface area contributed by atoms with Crippen molar-refractivity contribution in [2.45, 2.75) is 25.1 Å². The molecular formula is C33H26ClF3N2O4. The molecule has 1 unspecified atom stereocenters. The van der Waals surface area contributed by atoms with Gasteiger partial charge in [-0.15, -0.1) is 0 Å². The fraction of sp³-hybridized carbons (Fsp3) is 0.121. The lowest BCUT2D eigenvalue weighted by molar-refractivity contribution is -0.138. The zero-order valence-electron chi connectivity index (χ0n) is 22.6. The number of carboxylic acids is 1. The lowest BCUT2D eigenvalue weighted by Gasteiger charge is -2.19. The zero-order valence-corrected chi connectivity index (χ0v) is 23.3. The summed E-state index contributed by atoms with van der Waals surface area (Å²) in [5, 5.41) is 15.1. The Hall–Kier alpha value is -4.89. The summed E-state index contributed by atoms with van der Waals surface area (Å²) in [6.45, 7) is 0. The Morgan fingerprint density at radius 1 is 0.814 bits per heavy atom.